The normalized spacial score (nSPS) is 12.1. The zero-order valence-corrected chi connectivity index (χ0v) is 10.1. The molecule has 0 aliphatic rings. The van der Waals surface area contributed by atoms with Gasteiger partial charge in [-0.05, 0) is 30.5 Å². The standard InChI is InChI=1S/C12H15BrN2/c1-2-3-4-8-12(15-14)10-6-5-7-11(13)9-10/h1,5-7,9,12,15H,3-4,8,14H2. The van der Waals surface area contributed by atoms with Crippen molar-refractivity contribution in [2.45, 2.75) is 25.3 Å². The van der Waals surface area contributed by atoms with Crippen LogP contribution in [0.4, 0.5) is 0 Å². The van der Waals surface area contributed by atoms with Crippen LogP contribution >= 0.6 is 15.9 Å². The smallest absolute Gasteiger partial charge is 0.0460 e. The molecule has 0 spiro atoms. The third-order valence-electron chi connectivity index (χ3n) is 2.27. The Morgan fingerprint density at radius 2 is 2.33 bits per heavy atom. The summed E-state index contributed by atoms with van der Waals surface area (Å²) in [6, 6.07) is 8.31. The van der Waals surface area contributed by atoms with E-state index in [2.05, 4.69) is 39.4 Å². The molecule has 1 unspecified atom stereocenters. The summed E-state index contributed by atoms with van der Waals surface area (Å²) in [5.74, 6) is 8.15. The molecule has 1 aromatic rings. The third kappa shape index (κ3) is 4.05. The number of rotatable bonds is 5. The molecule has 0 aromatic heterocycles. The van der Waals surface area contributed by atoms with Crippen molar-refractivity contribution in [3.63, 3.8) is 0 Å². The van der Waals surface area contributed by atoms with Crippen LogP contribution < -0.4 is 11.3 Å². The Morgan fingerprint density at radius 1 is 1.53 bits per heavy atom. The quantitative estimate of drug-likeness (QED) is 0.372. The Bertz CT molecular complexity index is 344. The summed E-state index contributed by atoms with van der Waals surface area (Å²) >= 11 is 3.44. The highest BCUT2D eigenvalue weighted by Gasteiger charge is 2.08. The Kier molecular flexibility index (Phi) is 5.41. The second kappa shape index (κ2) is 6.62. The second-order valence-corrected chi connectivity index (χ2v) is 4.29. The molecule has 0 amide bonds. The van der Waals surface area contributed by atoms with Gasteiger partial charge in [0.15, 0.2) is 0 Å². The SMILES string of the molecule is C#CCCCC(NN)c1cccc(Br)c1. The van der Waals surface area contributed by atoms with Crippen LogP contribution in [0, 0.1) is 12.3 Å². The van der Waals surface area contributed by atoms with Gasteiger partial charge in [-0.15, -0.1) is 12.3 Å². The van der Waals surface area contributed by atoms with Gasteiger partial charge in [0.2, 0.25) is 0 Å². The highest BCUT2D eigenvalue weighted by atomic mass is 79.9. The van der Waals surface area contributed by atoms with Crippen molar-refractivity contribution in [2.24, 2.45) is 5.84 Å². The summed E-state index contributed by atoms with van der Waals surface area (Å²) in [5.41, 5.74) is 4.00. The van der Waals surface area contributed by atoms with Crippen LogP contribution in [0.3, 0.4) is 0 Å². The number of hydrazine groups is 1. The number of nitrogens with one attached hydrogen (secondary N) is 1. The molecule has 3 N–H and O–H groups in total. The molecule has 0 fully saturated rings. The third-order valence-corrected chi connectivity index (χ3v) is 2.76. The number of benzene rings is 1. The largest absolute Gasteiger partial charge is 0.271 e. The van der Waals surface area contributed by atoms with E-state index < -0.39 is 0 Å². The molecule has 0 aliphatic heterocycles. The van der Waals surface area contributed by atoms with Crippen LogP contribution in [0.5, 0.6) is 0 Å². The monoisotopic (exact) mass is 266 g/mol. The van der Waals surface area contributed by atoms with Crippen molar-refractivity contribution in [1.29, 1.82) is 0 Å². The lowest BCUT2D eigenvalue weighted by Crippen LogP contribution is -2.27. The molecule has 0 bridgehead atoms. The first kappa shape index (κ1) is 12.3. The van der Waals surface area contributed by atoms with Gasteiger partial charge in [-0.25, -0.2) is 0 Å². The lowest BCUT2D eigenvalue weighted by Gasteiger charge is -2.15. The zero-order valence-electron chi connectivity index (χ0n) is 8.54. The van der Waals surface area contributed by atoms with Gasteiger partial charge in [0.1, 0.15) is 0 Å². The molecule has 3 heteroatoms. The number of halogens is 1. The molecule has 80 valence electrons. The fourth-order valence-electron chi connectivity index (χ4n) is 1.48. The van der Waals surface area contributed by atoms with Gasteiger partial charge in [-0.1, -0.05) is 28.1 Å². The number of hydrogen-bond donors (Lipinski definition) is 2. The summed E-state index contributed by atoms with van der Waals surface area (Å²) in [4.78, 5) is 0. The Labute approximate surface area is 99.3 Å². The van der Waals surface area contributed by atoms with Gasteiger partial charge in [0, 0.05) is 16.9 Å². The Balaban J connectivity index is 2.62. The lowest BCUT2D eigenvalue weighted by atomic mass is 10.0. The fourth-order valence-corrected chi connectivity index (χ4v) is 1.89. The van der Waals surface area contributed by atoms with E-state index in [1.54, 1.807) is 0 Å². The van der Waals surface area contributed by atoms with Gasteiger partial charge in [-0.2, -0.15) is 0 Å². The molecule has 2 nitrogen and oxygen atoms in total. The molecule has 1 atom stereocenters. The Morgan fingerprint density at radius 3 is 2.93 bits per heavy atom. The first-order valence-corrected chi connectivity index (χ1v) is 5.72. The van der Waals surface area contributed by atoms with E-state index in [1.165, 1.54) is 5.56 Å². The van der Waals surface area contributed by atoms with Crippen LogP contribution in [-0.2, 0) is 0 Å². The van der Waals surface area contributed by atoms with E-state index in [9.17, 15) is 0 Å². The van der Waals surface area contributed by atoms with Crippen molar-refractivity contribution in [3.05, 3.63) is 34.3 Å². The molecule has 1 rings (SSSR count). The number of terminal acetylenes is 1. The maximum atomic E-state index is 5.52. The molecule has 0 aliphatic carbocycles. The second-order valence-electron chi connectivity index (χ2n) is 3.37. The van der Waals surface area contributed by atoms with Crippen molar-refractivity contribution < 1.29 is 0 Å². The van der Waals surface area contributed by atoms with Crippen LogP contribution in [0.25, 0.3) is 0 Å². The lowest BCUT2D eigenvalue weighted by molar-refractivity contribution is 0.502. The fraction of sp³-hybridized carbons (Fsp3) is 0.333. The Hall–Kier alpha value is -0.820. The topological polar surface area (TPSA) is 38.0 Å². The summed E-state index contributed by atoms with van der Waals surface area (Å²) in [5, 5.41) is 0. The van der Waals surface area contributed by atoms with Crippen LogP contribution in [-0.4, -0.2) is 0 Å². The van der Waals surface area contributed by atoms with Crippen LogP contribution in [0.2, 0.25) is 0 Å². The molecule has 0 radical (unpaired) electrons. The van der Waals surface area contributed by atoms with Crippen molar-refractivity contribution in [1.82, 2.24) is 5.43 Å². The summed E-state index contributed by atoms with van der Waals surface area (Å²) in [7, 11) is 0. The van der Waals surface area contributed by atoms with Gasteiger partial charge >= 0.3 is 0 Å². The van der Waals surface area contributed by atoms with E-state index in [-0.39, 0.29) is 6.04 Å². The van der Waals surface area contributed by atoms with Crippen molar-refractivity contribution in [2.75, 3.05) is 0 Å². The van der Waals surface area contributed by atoms with Crippen molar-refractivity contribution in [3.8, 4) is 12.3 Å². The number of nitrogens with two attached hydrogens (primary N) is 1. The van der Waals surface area contributed by atoms with Crippen LogP contribution in [0.1, 0.15) is 30.9 Å². The minimum atomic E-state index is 0.177. The molecule has 0 heterocycles. The number of hydrogen-bond acceptors (Lipinski definition) is 2. The first-order chi connectivity index (χ1) is 7.27. The predicted molar refractivity (Wildman–Crippen MR) is 66.9 cm³/mol. The highest BCUT2D eigenvalue weighted by molar-refractivity contribution is 9.10. The maximum Gasteiger partial charge on any atom is 0.0460 e. The van der Waals surface area contributed by atoms with Gasteiger partial charge in [0.25, 0.3) is 0 Å². The van der Waals surface area contributed by atoms with E-state index in [0.29, 0.717) is 0 Å². The predicted octanol–water partition coefficient (Wildman–Crippen LogP) is 2.76. The molecule has 0 saturated carbocycles. The molecule has 0 saturated heterocycles. The summed E-state index contributed by atoms with van der Waals surface area (Å²) < 4.78 is 1.07. The molecule has 15 heavy (non-hydrogen) atoms. The van der Waals surface area contributed by atoms with Gasteiger partial charge in [-0.3, -0.25) is 11.3 Å². The highest BCUT2D eigenvalue weighted by Crippen LogP contribution is 2.21. The van der Waals surface area contributed by atoms with E-state index in [1.807, 2.05) is 12.1 Å². The summed E-state index contributed by atoms with van der Waals surface area (Å²) in [6.45, 7) is 0. The molecular weight excluding hydrogens is 252 g/mol. The minimum absolute atomic E-state index is 0.177. The average Bonchev–Trinajstić information content (AvgIpc) is 2.24. The summed E-state index contributed by atoms with van der Waals surface area (Å²) in [6.07, 6.45) is 7.95. The van der Waals surface area contributed by atoms with Gasteiger partial charge in [0.05, 0.1) is 0 Å². The minimum Gasteiger partial charge on any atom is -0.271 e. The zero-order chi connectivity index (χ0) is 11.1. The van der Waals surface area contributed by atoms with E-state index in [4.69, 9.17) is 12.3 Å². The molecular formula is C12H15BrN2. The van der Waals surface area contributed by atoms with Gasteiger partial charge < -0.3 is 0 Å². The van der Waals surface area contributed by atoms with Crippen LogP contribution in [0.15, 0.2) is 28.7 Å². The maximum absolute atomic E-state index is 5.52. The first-order valence-electron chi connectivity index (χ1n) is 4.93. The average molecular weight is 267 g/mol. The number of unbranched alkanes of at least 4 members (excludes halogenated alkanes) is 1. The van der Waals surface area contributed by atoms with Crippen molar-refractivity contribution >= 4 is 15.9 Å². The molecule has 1 aromatic carbocycles. The van der Waals surface area contributed by atoms with E-state index in [0.717, 1.165) is 23.7 Å². The van der Waals surface area contributed by atoms with E-state index >= 15 is 0 Å².